The molecule has 3 atom stereocenters. The van der Waals surface area contributed by atoms with Crippen molar-refractivity contribution in [2.24, 2.45) is 5.11 Å². The highest BCUT2D eigenvalue weighted by Gasteiger charge is 2.35. The van der Waals surface area contributed by atoms with Crippen LogP contribution in [0.15, 0.2) is 17.6 Å². The van der Waals surface area contributed by atoms with Crippen LogP contribution in [0.2, 0.25) is 0 Å². The summed E-state index contributed by atoms with van der Waals surface area (Å²) in [6.45, 7) is -0.218. The Labute approximate surface area is 112 Å². The second-order valence-electron chi connectivity index (χ2n) is 4.41. The fraction of sp³-hybridized carbons (Fsp3) is 0.500. The fourth-order valence-corrected chi connectivity index (χ4v) is 2.29. The molecule has 20 heavy (non-hydrogen) atoms. The zero-order chi connectivity index (χ0) is 14.1. The van der Waals surface area contributed by atoms with E-state index in [0.717, 1.165) is 0 Å². The summed E-state index contributed by atoms with van der Waals surface area (Å²) in [6, 6.07) is -0.424. The number of fused-ring (bicyclic) bond motifs is 1. The maximum Gasteiger partial charge on any atom is 0.222 e. The minimum Gasteiger partial charge on any atom is -0.394 e. The third kappa shape index (κ3) is 2.01. The van der Waals surface area contributed by atoms with E-state index in [1.165, 1.54) is 6.20 Å². The Morgan fingerprint density at radius 2 is 2.45 bits per heavy atom. The molecule has 0 saturated carbocycles. The van der Waals surface area contributed by atoms with Gasteiger partial charge in [-0.05, 0) is 5.53 Å². The highest BCUT2D eigenvalue weighted by molar-refractivity contribution is 5.70. The summed E-state index contributed by atoms with van der Waals surface area (Å²) in [4.78, 5) is 14.9. The van der Waals surface area contributed by atoms with E-state index < -0.39 is 18.4 Å². The number of aromatic nitrogens is 4. The van der Waals surface area contributed by atoms with Crippen LogP contribution in [0.3, 0.4) is 0 Å². The van der Waals surface area contributed by atoms with Crippen LogP contribution in [0.5, 0.6) is 0 Å². The first-order chi connectivity index (χ1) is 9.72. The third-order valence-corrected chi connectivity index (χ3v) is 3.23. The minimum absolute atomic E-state index is 0.141. The van der Waals surface area contributed by atoms with E-state index in [1.54, 1.807) is 10.9 Å². The molecular formula is C10H12N8O2. The van der Waals surface area contributed by atoms with Crippen LogP contribution < -0.4 is 5.73 Å². The van der Waals surface area contributed by atoms with E-state index in [2.05, 4.69) is 25.0 Å². The molecule has 3 N–H and O–H groups in total. The monoisotopic (exact) mass is 276 g/mol. The van der Waals surface area contributed by atoms with Gasteiger partial charge in [-0.1, -0.05) is 5.11 Å². The molecular weight excluding hydrogens is 264 g/mol. The Bertz CT molecular complexity index is 679. The Morgan fingerprint density at radius 1 is 1.60 bits per heavy atom. The number of nitrogens with zero attached hydrogens (tertiary/aromatic N) is 7. The molecule has 0 amide bonds. The molecule has 1 aliphatic rings. The molecule has 2 aromatic rings. The number of aliphatic hydroxyl groups is 1. The number of nitrogens with two attached hydrogens (primary N) is 1. The van der Waals surface area contributed by atoms with Gasteiger partial charge in [-0.2, -0.15) is 4.98 Å². The van der Waals surface area contributed by atoms with Crippen LogP contribution in [-0.2, 0) is 4.74 Å². The molecule has 10 nitrogen and oxygen atoms in total. The van der Waals surface area contributed by atoms with Gasteiger partial charge in [0.05, 0.1) is 31.3 Å². The van der Waals surface area contributed by atoms with Crippen LogP contribution in [0.4, 0.5) is 5.95 Å². The van der Waals surface area contributed by atoms with Crippen molar-refractivity contribution in [3.8, 4) is 0 Å². The van der Waals surface area contributed by atoms with Crippen molar-refractivity contribution >= 4 is 17.1 Å². The van der Waals surface area contributed by atoms with Gasteiger partial charge in [0, 0.05) is 11.3 Å². The summed E-state index contributed by atoms with van der Waals surface area (Å²) in [6.07, 6.45) is 2.58. The first kappa shape index (κ1) is 12.6. The number of anilines is 1. The lowest BCUT2D eigenvalue weighted by Crippen LogP contribution is -2.22. The van der Waals surface area contributed by atoms with Crippen molar-refractivity contribution < 1.29 is 9.84 Å². The summed E-state index contributed by atoms with van der Waals surface area (Å²) >= 11 is 0. The molecule has 0 aromatic carbocycles. The third-order valence-electron chi connectivity index (χ3n) is 3.23. The first-order valence-corrected chi connectivity index (χ1v) is 5.98. The first-order valence-electron chi connectivity index (χ1n) is 5.98. The molecule has 1 saturated heterocycles. The summed E-state index contributed by atoms with van der Waals surface area (Å²) in [5, 5.41) is 12.9. The number of ether oxygens (including phenoxy) is 1. The van der Waals surface area contributed by atoms with Gasteiger partial charge in [-0.3, -0.25) is 4.57 Å². The highest BCUT2D eigenvalue weighted by atomic mass is 16.5. The zero-order valence-electron chi connectivity index (χ0n) is 10.4. The maximum absolute atomic E-state index is 9.26. The van der Waals surface area contributed by atoms with Gasteiger partial charge in [0.15, 0.2) is 5.65 Å². The van der Waals surface area contributed by atoms with Crippen molar-refractivity contribution in [2.45, 2.75) is 24.8 Å². The van der Waals surface area contributed by atoms with E-state index in [0.29, 0.717) is 17.6 Å². The Morgan fingerprint density at radius 3 is 3.20 bits per heavy atom. The van der Waals surface area contributed by atoms with E-state index in [1.807, 2.05) is 0 Å². The molecule has 0 aliphatic carbocycles. The van der Waals surface area contributed by atoms with Gasteiger partial charge in [0.2, 0.25) is 5.95 Å². The van der Waals surface area contributed by atoms with Gasteiger partial charge in [0.1, 0.15) is 11.7 Å². The normalized spacial score (nSPS) is 25.8. The van der Waals surface area contributed by atoms with Crippen molar-refractivity contribution in [3.05, 3.63) is 23.0 Å². The highest BCUT2D eigenvalue weighted by Crippen LogP contribution is 2.32. The van der Waals surface area contributed by atoms with Crippen molar-refractivity contribution in [1.82, 2.24) is 19.5 Å². The van der Waals surface area contributed by atoms with E-state index in [-0.39, 0.29) is 12.6 Å². The molecule has 1 fully saturated rings. The summed E-state index contributed by atoms with van der Waals surface area (Å²) < 4.78 is 7.37. The van der Waals surface area contributed by atoms with Gasteiger partial charge in [-0.25, -0.2) is 9.97 Å². The van der Waals surface area contributed by atoms with Crippen LogP contribution >= 0.6 is 0 Å². The Hall–Kier alpha value is -2.42. The van der Waals surface area contributed by atoms with Gasteiger partial charge >= 0.3 is 0 Å². The second kappa shape index (κ2) is 4.93. The molecule has 2 aromatic heterocycles. The smallest absolute Gasteiger partial charge is 0.222 e. The molecule has 0 spiro atoms. The number of aliphatic hydroxyl groups excluding tert-OH is 1. The summed E-state index contributed by atoms with van der Waals surface area (Å²) in [5.41, 5.74) is 15.2. The molecule has 104 valence electrons. The fourth-order valence-electron chi connectivity index (χ4n) is 2.29. The second-order valence-corrected chi connectivity index (χ2v) is 4.41. The summed E-state index contributed by atoms with van der Waals surface area (Å²) in [7, 11) is 0. The van der Waals surface area contributed by atoms with E-state index >= 15 is 0 Å². The average molecular weight is 276 g/mol. The number of rotatable bonds is 3. The molecule has 0 bridgehead atoms. The summed E-state index contributed by atoms with van der Waals surface area (Å²) in [5.74, 6) is 0.141. The van der Waals surface area contributed by atoms with Crippen LogP contribution in [-0.4, -0.2) is 43.4 Å². The molecule has 3 heterocycles. The predicted octanol–water partition coefficient (Wildman–Crippen LogP) is 0.367. The number of hydrogen-bond donors (Lipinski definition) is 2. The number of imidazole rings is 1. The molecule has 1 aliphatic heterocycles. The number of hydrogen-bond acceptors (Lipinski definition) is 7. The SMILES string of the molecule is [N-]=[N+]=N[C@@H]1C[C@@H](n2cnc3cnc(N)nc32)O[C@H]1CO. The number of azide groups is 1. The molecule has 10 heteroatoms. The van der Waals surface area contributed by atoms with Gasteiger partial charge < -0.3 is 15.6 Å². The van der Waals surface area contributed by atoms with Crippen molar-refractivity contribution in [3.63, 3.8) is 0 Å². The lowest BCUT2D eigenvalue weighted by molar-refractivity contribution is -0.0232. The predicted molar refractivity (Wildman–Crippen MR) is 68.3 cm³/mol. The zero-order valence-corrected chi connectivity index (χ0v) is 10.4. The average Bonchev–Trinajstić information content (AvgIpc) is 3.02. The lowest BCUT2D eigenvalue weighted by atomic mass is 10.1. The Kier molecular flexibility index (Phi) is 3.11. The van der Waals surface area contributed by atoms with E-state index in [9.17, 15) is 5.11 Å². The van der Waals surface area contributed by atoms with Crippen molar-refractivity contribution in [1.29, 1.82) is 0 Å². The van der Waals surface area contributed by atoms with Gasteiger partial charge in [0.25, 0.3) is 0 Å². The van der Waals surface area contributed by atoms with Crippen molar-refractivity contribution in [2.75, 3.05) is 12.3 Å². The quantitative estimate of drug-likeness (QED) is 0.470. The van der Waals surface area contributed by atoms with Crippen LogP contribution in [0.25, 0.3) is 21.6 Å². The molecule has 3 rings (SSSR count). The molecule has 0 radical (unpaired) electrons. The maximum atomic E-state index is 9.26. The van der Waals surface area contributed by atoms with Crippen LogP contribution in [0.1, 0.15) is 12.6 Å². The Balaban J connectivity index is 1.96. The lowest BCUT2D eigenvalue weighted by Gasteiger charge is -2.13. The number of nitrogen functional groups attached to an aromatic ring is 1. The van der Waals surface area contributed by atoms with Crippen LogP contribution in [0, 0.1) is 0 Å². The largest absolute Gasteiger partial charge is 0.394 e. The minimum atomic E-state index is -0.535. The molecule has 0 unspecified atom stereocenters. The topological polar surface area (TPSA) is 148 Å². The van der Waals surface area contributed by atoms with Gasteiger partial charge in [-0.15, -0.1) is 0 Å². The standard InChI is InChI=1S/C10H12N8O2/c11-10-13-2-6-9(15-10)18(4-14-6)8-1-5(16-17-12)7(3-19)20-8/h2,4-5,7-8,19H,1,3H2,(H2,11,13,15)/t5-,7+,8+/m1/s1. The van der Waals surface area contributed by atoms with E-state index in [4.69, 9.17) is 16.0 Å².